The topological polar surface area (TPSA) is 3.24 Å². The standard InChI is InChI=1S/C17H19NSi/c1-18-10-12-19(13-11-18)16-8-4-2-6-14(16)15-7-3-5-9-17(15)19/h2-9H,10-13H2,1H3. The SMILES string of the molecule is CN1CC[Si]2(CC1)c1ccccc1-c1ccccc12. The second-order valence-corrected chi connectivity index (χ2v) is 10.2. The van der Waals surface area contributed by atoms with Crippen LogP contribution in [-0.4, -0.2) is 33.1 Å². The van der Waals surface area contributed by atoms with Gasteiger partial charge in [0.15, 0.2) is 0 Å². The van der Waals surface area contributed by atoms with Crippen LogP contribution in [0.5, 0.6) is 0 Å². The van der Waals surface area contributed by atoms with Crippen LogP contribution in [0.15, 0.2) is 48.5 Å². The third-order valence-corrected chi connectivity index (χ3v) is 10.1. The van der Waals surface area contributed by atoms with Crippen molar-refractivity contribution in [2.24, 2.45) is 0 Å². The van der Waals surface area contributed by atoms with Gasteiger partial charge in [0.2, 0.25) is 0 Å². The highest BCUT2D eigenvalue weighted by atomic mass is 28.3. The fraction of sp³-hybridized carbons (Fsp3) is 0.294. The Balaban J connectivity index is 1.96. The van der Waals surface area contributed by atoms with Crippen molar-refractivity contribution >= 4 is 18.4 Å². The Morgan fingerprint density at radius 2 is 1.26 bits per heavy atom. The van der Waals surface area contributed by atoms with Crippen LogP contribution < -0.4 is 10.4 Å². The van der Waals surface area contributed by atoms with Crippen molar-refractivity contribution < 1.29 is 0 Å². The van der Waals surface area contributed by atoms with Crippen molar-refractivity contribution in [3.05, 3.63) is 48.5 Å². The molecule has 0 saturated carbocycles. The zero-order chi connectivity index (χ0) is 12.9. The third kappa shape index (κ3) is 1.50. The molecule has 2 aliphatic rings. The maximum Gasteiger partial charge on any atom is 0.122 e. The summed E-state index contributed by atoms with van der Waals surface area (Å²) in [7, 11) is 0.814. The summed E-state index contributed by atoms with van der Waals surface area (Å²) in [5.74, 6) is 0. The van der Waals surface area contributed by atoms with Gasteiger partial charge in [0.25, 0.3) is 0 Å². The first-order valence-corrected chi connectivity index (χ1v) is 9.61. The number of benzene rings is 2. The monoisotopic (exact) mass is 265 g/mol. The molecule has 1 saturated heterocycles. The number of fused-ring (bicyclic) bond motifs is 5. The van der Waals surface area contributed by atoms with Gasteiger partial charge in [0, 0.05) is 0 Å². The van der Waals surface area contributed by atoms with E-state index in [4.69, 9.17) is 0 Å². The summed E-state index contributed by atoms with van der Waals surface area (Å²) in [4.78, 5) is 2.49. The zero-order valence-electron chi connectivity index (χ0n) is 11.4. The van der Waals surface area contributed by atoms with Gasteiger partial charge in [0.1, 0.15) is 8.07 Å². The molecule has 0 atom stereocenters. The minimum absolute atomic E-state index is 1.26. The highest BCUT2D eigenvalue weighted by molar-refractivity contribution is 7.05. The average Bonchev–Trinajstić information content (AvgIpc) is 2.74. The molecule has 19 heavy (non-hydrogen) atoms. The number of rotatable bonds is 0. The van der Waals surface area contributed by atoms with E-state index in [-0.39, 0.29) is 0 Å². The smallest absolute Gasteiger partial charge is 0.122 e. The number of hydrogen-bond acceptors (Lipinski definition) is 1. The molecule has 2 heterocycles. The summed E-state index contributed by atoms with van der Waals surface area (Å²) in [5.41, 5.74) is 3.05. The first-order valence-electron chi connectivity index (χ1n) is 7.19. The highest BCUT2D eigenvalue weighted by Gasteiger charge is 2.46. The van der Waals surface area contributed by atoms with Crippen LogP contribution >= 0.6 is 0 Å². The second kappa shape index (κ2) is 4.05. The Morgan fingerprint density at radius 3 is 1.79 bits per heavy atom. The van der Waals surface area contributed by atoms with Crippen LogP contribution in [0.2, 0.25) is 12.1 Å². The molecular weight excluding hydrogens is 246 g/mol. The van der Waals surface area contributed by atoms with E-state index in [9.17, 15) is 0 Å². The van der Waals surface area contributed by atoms with Crippen molar-refractivity contribution in [3.63, 3.8) is 0 Å². The summed E-state index contributed by atoms with van der Waals surface area (Å²) in [6.07, 6.45) is 0. The Morgan fingerprint density at radius 1 is 0.789 bits per heavy atom. The van der Waals surface area contributed by atoms with Gasteiger partial charge in [-0.05, 0) is 53.7 Å². The summed E-state index contributed by atoms with van der Waals surface area (Å²) in [5, 5.41) is 3.40. The molecule has 0 bridgehead atoms. The van der Waals surface area contributed by atoms with E-state index in [0.29, 0.717) is 0 Å². The van der Waals surface area contributed by atoms with Crippen LogP contribution in [-0.2, 0) is 0 Å². The van der Waals surface area contributed by atoms with Crippen molar-refractivity contribution in [3.8, 4) is 11.1 Å². The predicted molar refractivity (Wildman–Crippen MR) is 84.0 cm³/mol. The van der Waals surface area contributed by atoms with E-state index in [1.807, 2.05) is 0 Å². The number of nitrogens with zero attached hydrogens (tertiary/aromatic N) is 1. The molecule has 0 aromatic heterocycles. The Hall–Kier alpha value is -1.38. The second-order valence-electron chi connectivity index (χ2n) is 5.98. The summed E-state index contributed by atoms with van der Waals surface area (Å²) in [6, 6.07) is 21.1. The van der Waals surface area contributed by atoms with Gasteiger partial charge in [0.05, 0.1) is 0 Å². The molecular formula is C17H19NSi. The maximum absolute atomic E-state index is 2.49. The average molecular weight is 265 g/mol. The Bertz CT molecular complexity index is 579. The Labute approximate surface area is 115 Å². The molecule has 1 spiro atoms. The largest absolute Gasteiger partial charge is 0.307 e. The lowest BCUT2D eigenvalue weighted by molar-refractivity contribution is 0.357. The Kier molecular flexibility index (Phi) is 2.44. The van der Waals surface area contributed by atoms with Gasteiger partial charge >= 0.3 is 0 Å². The van der Waals surface area contributed by atoms with Crippen LogP contribution in [0.25, 0.3) is 11.1 Å². The molecule has 0 radical (unpaired) electrons. The van der Waals surface area contributed by atoms with E-state index in [2.05, 4.69) is 60.5 Å². The molecule has 2 heteroatoms. The summed E-state index contributed by atoms with van der Waals surface area (Å²) < 4.78 is 0. The normalized spacial score (nSPS) is 20.3. The van der Waals surface area contributed by atoms with Crippen molar-refractivity contribution in [2.75, 3.05) is 20.1 Å². The molecule has 2 aromatic carbocycles. The van der Waals surface area contributed by atoms with Gasteiger partial charge in [-0.3, -0.25) is 0 Å². The molecule has 4 rings (SSSR count). The van der Waals surface area contributed by atoms with Crippen molar-refractivity contribution in [1.82, 2.24) is 4.90 Å². The van der Waals surface area contributed by atoms with Gasteiger partial charge < -0.3 is 4.90 Å². The summed E-state index contributed by atoms with van der Waals surface area (Å²) in [6.45, 7) is 2.52. The lowest BCUT2D eigenvalue weighted by Gasteiger charge is -2.37. The fourth-order valence-corrected chi connectivity index (χ4v) is 9.40. The van der Waals surface area contributed by atoms with E-state index in [1.54, 1.807) is 10.4 Å². The van der Waals surface area contributed by atoms with Crippen LogP contribution in [0.1, 0.15) is 0 Å². The molecule has 2 aliphatic heterocycles. The first kappa shape index (κ1) is 11.4. The minimum Gasteiger partial charge on any atom is -0.307 e. The molecule has 1 nitrogen and oxygen atoms in total. The molecule has 0 amide bonds. The lowest BCUT2D eigenvalue weighted by atomic mass is 10.1. The van der Waals surface area contributed by atoms with Gasteiger partial charge in [-0.1, -0.05) is 48.5 Å². The minimum atomic E-state index is -1.44. The van der Waals surface area contributed by atoms with Crippen LogP contribution in [0.3, 0.4) is 0 Å². The van der Waals surface area contributed by atoms with E-state index in [0.717, 1.165) is 0 Å². The predicted octanol–water partition coefficient (Wildman–Crippen LogP) is 2.18. The fourth-order valence-electron chi connectivity index (χ4n) is 3.95. The van der Waals surface area contributed by atoms with Gasteiger partial charge in [-0.25, -0.2) is 0 Å². The van der Waals surface area contributed by atoms with Crippen molar-refractivity contribution in [2.45, 2.75) is 12.1 Å². The first-order chi connectivity index (χ1) is 9.31. The maximum atomic E-state index is 2.49. The summed E-state index contributed by atoms with van der Waals surface area (Å²) >= 11 is 0. The van der Waals surface area contributed by atoms with E-state index >= 15 is 0 Å². The lowest BCUT2D eigenvalue weighted by Crippen LogP contribution is -2.60. The molecule has 0 aliphatic carbocycles. The highest BCUT2D eigenvalue weighted by Crippen LogP contribution is 2.34. The van der Waals surface area contributed by atoms with E-state index < -0.39 is 8.07 Å². The molecule has 1 fully saturated rings. The van der Waals surface area contributed by atoms with Crippen LogP contribution in [0, 0.1) is 0 Å². The third-order valence-electron chi connectivity index (χ3n) is 5.02. The van der Waals surface area contributed by atoms with Crippen LogP contribution in [0.4, 0.5) is 0 Å². The van der Waals surface area contributed by atoms with E-state index in [1.165, 1.54) is 36.3 Å². The zero-order valence-corrected chi connectivity index (χ0v) is 12.4. The quantitative estimate of drug-likeness (QED) is 0.660. The van der Waals surface area contributed by atoms with Gasteiger partial charge in [-0.15, -0.1) is 0 Å². The molecule has 96 valence electrons. The van der Waals surface area contributed by atoms with Gasteiger partial charge in [-0.2, -0.15) is 0 Å². The van der Waals surface area contributed by atoms with Crippen molar-refractivity contribution in [1.29, 1.82) is 0 Å². The molecule has 2 aromatic rings. The molecule has 0 N–H and O–H groups in total. The molecule has 0 unspecified atom stereocenters. The number of hydrogen-bond donors (Lipinski definition) is 0.